The van der Waals surface area contributed by atoms with Crippen molar-refractivity contribution in [3.63, 3.8) is 0 Å². The second kappa shape index (κ2) is 9.92. The van der Waals surface area contributed by atoms with E-state index in [0.29, 0.717) is 22.9 Å². The standard InChI is InChI=1S/C7H6N2O.C7H7NO2.CH4/c1-10-7-3-2-6(4-8)5-9-7;1-10-7-3-2-6(5-9)4-8-7;/h2-3,5H,1H3;2-5H,1H3;1H4. The highest BCUT2D eigenvalue weighted by atomic mass is 16.5. The Labute approximate surface area is 124 Å². The zero-order valence-corrected chi connectivity index (χ0v) is 11.1. The number of aromatic nitrogens is 2. The predicted octanol–water partition coefficient (Wildman–Crippen LogP) is 2.50. The van der Waals surface area contributed by atoms with Crippen molar-refractivity contribution in [2.75, 3.05) is 14.2 Å². The zero-order valence-electron chi connectivity index (χ0n) is 11.1. The fourth-order valence-corrected chi connectivity index (χ4v) is 1.15. The second-order valence-corrected chi connectivity index (χ2v) is 3.45. The normalized spacial score (nSPS) is 8.24. The van der Waals surface area contributed by atoms with Crippen LogP contribution in [0.3, 0.4) is 0 Å². The fourth-order valence-electron chi connectivity index (χ4n) is 1.15. The van der Waals surface area contributed by atoms with Gasteiger partial charge < -0.3 is 9.47 Å². The number of nitrogens with zero attached hydrogens (tertiary/aromatic N) is 3. The molecule has 0 aliphatic rings. The van der Waals surface area contributed by atoms with Crippen LogP contribution in [0.4, 0.5) is 0 Å². The molecule has 110 valence electrons. The molecule has 0 radical (unpaired) electrons. The van der Waals surface area contributed by atoms with Crippen LogP contribution in [0.5, 0.6) is 11.8 Å². The van der Waals surface area contributed by atoms with E-state index in [-0.39, 0.29) is 7.43 Å². The van der Waals surface area contributed by atoms with Gasteiger partial charge in [-0.15, -0.1) is 0 Å². The molecule has 0 aliphatic carbocycles. The van der Waals surface area contributed by atoms with E-state index < -0.39 is 0 Å². The summed E-state index contributed by atoms with van der Waals surface area (Å²) >= 11 is 0. The molecule has 0 amide bonds. The molecular formula is C15H17N3O3. The highest BCUT2D eigenvalue weighted by molar-refractivity contribution is 5.73. The van der Waals surface area contributed by atoms with Gasteiger partial charge in [0.05, 0.1) is 19.8 Å². The van der Waals surface area contributed by atoms with Gasteiger partial charge in [0.25, 0.3) is 0 Å². The molecule has 0 aromatic carbocycles. The summed E-state index contributed by atoms with van der Waals surface area (Å²) in [6, 6.07) is 8.56. The topological polar surface area (TPSA) is 85.1 Å². The van der Waals surface area contributed by atoms with Crippen LogP contribution in [0.15, 0.2) is 36.7 Å². The van der Waals surface area contributed by atoms with E-state index in [4.69, 9.17) is 14.7 Å². The molecule has 0 atom stereocenters. The monoisotopic (exact) mass is 287 g/mol. The van der Waals surface area contributed by atoms with E-state index in [2.05, 4.69) is 9.97 Å². The predicted molar refractivity (Wildman–Crippen MR) is 78.4 cm³/mol. The van der Waals surface area contributed by atoms with Crippen LogP contribution < -0.4 is 9.47 Å². The third-order valence-corrected chi connectivity index (χ3v) is 2.18. The van der Waals surface area contributed by atoms with Crippen LogP contribution in [0.25, 0.3) is 0 Å². The van der Waals surface area contributed by atoms with Gasteiger partial charge in [-0.25, -0.2) is 9.97 Å². The third-order valence-electron chi connectivity index (χ3n) is 2.18. The van der Waals surface area contributed by atoms with E-state index in [1.165, 1.54) is 26.6 Å². The molecule has 0 bridgehead atoms. The SMILES string of the molecule is C.COc1ccc(C#N)cn1.COc1ccc(C=O)cn1. The van der Waals surface area contributed by atoms with Gasteiger partial charge in [-0.3, -0.25) is 4.79 Å². The van der Waals surface area contributed by atoms with E-state index in [9.17, 15) is 4.79 Å². The van der Waals surface area contributed by atoms with Crippen LogP contribution >= 0.6 is 0 Å². The molecule has 0 spiro atoms. The average molecular weight is 287 g/mol. The molecule has 2 heterocycles. The summed E-state index contributed by atoms with van der Waals surface area (Å²) in [5.41, 5.74) is 1.10. The number of nitriles is 1. The summed E-state index contributed by atoms with van der Waals surface area (Å²) in [6.45, 7) is 0. The Morgan fingerprint density at radius 3 is 1.95 bits per heavy atom. The molecule has 0 saturated carbocycles. The maximum Gasteiger partial charge on any atom is 0.212 e. The third kappa shape index (κ3) is 6.16. The van der Waals surface area contributed by atoms with Gasteiger partial charge in [0, 0.05) is 30.1 Å². The van der Waals surface area contributed by atoms with Crippen LogP contribution in [0.2, 0.25) is 0 Å². The molecule has 6 nitrogen and oxygen atoms in total. The second-order valence-electron chi connectivity index (χ2n) is 3.45. The molecule has 6 heteroatoms. The molecule has 2 rings (SSSR count). The van der Waals surface area contributed by atoms with Crippen LogP contribution in [-0.4, -0.2) is 30.5 Å². The summed E-state index contributed by atoms with van der Waals surface area (Å²) in [5, 5.41) is 8.37. The lowest BCUT2D eigenvalue weighted by Crippen LogP contribution is -1.87. The quantitative estimate of drug-likeness (QED) is 0.806. The highest BCUT2D eigenvalue weighted by Gasteiger charge is 1.91. The van der Waals surface area contributed by atoms with Crippen LogP contribution in [0, 0.1) is 11.3 Å². The van der Waals surface area contributed by atoms with Crippen molar-refractivity contribution >= 4 is 6.29 Å². The van der Waals surface area contributed by atoms with Crippen molar-refractivity contribution in [1.82, 2.24) is 9.97 Å². The average Bonchev–Trinajstić information content (AvgIpc) is 2.55. The minimum Gasteiger partial charge on any atom is -0.481 e. The summed E-state index contributed by atoms with van der Waals surface area (Å²) in [5.74, 6) is 1.05. The summed E-state index contributed by atoms with van der Waals surface area (Å²) in [7, 11) is 3.07. The van der Waals surface area contributed by atoms with Gasteiger partial charge in [0.15, 0.2) is 6.29 Å². The molecule has 0 fully saturated rings. The van der Waals surface area contributed by atoms with Crippen molar-refractivity contribution in [2.24, 2.45) is 0 Å². The summed E-state index contributed by atoms with van der Waals surface area (Å²) in [4.78, 5) is 17.8. The van der Waals surface area contributed by atoms with Gasteiger partial charge in [-0.2, -0.15) is 5.26 Å². The fraction of sp³-hybridized carbons (Fsp3) is 0.200. The van der Waals surface area contributed by atoms with Crippen molar-refractivity contribution in [2.45, 2.75) is 7.43 Å². The number of carbonyl (C=O) groups is 1. The van der Waals surface area contributed by atoms with Crippen molar-refractivity contribution in [3.05, 3.63) is 47.8 Å². The van der Waals surface area contributed by atoms with Gasteiger partial charge in [0.2, 0.25) is 11.8 Å². The Morgan fingerprint density at radius 1 is 1.05 bits per heavy atom. The number of hydrogen-bond acceptors (Lipinski definition) is 6. The number of carbonyl (C=O) groups excluding carboxylic acids is 1. The minimum atomic E-state index is 0. The minimum absolute atomic E-state index is 0. The zero-order chi connectivity index (χ0) is 14.8. The first-order chi connectivity index (χ1) is 9.73. The smallest absolute Gasteiger partial charge is 0.212 e. The van der Waals surface area contributed by atoms with E-state index in [0.717, 1.165) is 6.29 Å². The van der Waals surface area contributed by atoms with Gasteiger partial charge in [0.1, 0.15) is 6.07 Å². The molecule has 0 unspecified atom stereocenters. The number of methoxy groups -OCH3 is 2. The first-order valence-corrected chi connectivity index (χ1v) is 5.59. The molecule has 0 N–H and O–H groups in total. The Balaban J connectivity index is 0.000000364. The van der Waals surface area contributed by atoms with E-state index >= 15 is 0 Å². The molecule has 2 aromatic rings. The number of pyridine rings is 2. The largest absolute Gasteiger partial charge is 0.481 e. The molecular weight excluding hydrogens is 270 g/mol. The van der Waals surface area contributed by atoms with Crippen molar-refractivity contribution < 1.29 is 14.3 Å². The molecule has 2 aromatic heterocycles. The lowest BCUT2D eigenvalue weighted by Gasteiger charge is -1.95. The van der Waals surface area contributed by atoms with Gasteiger partial charge in [-0.05, 0) is 12.1 Å². The van der Waals surface area contributed by atoms with E-state index in [1.54, 1.807) is 24.3 Å². The number of ether oxygens (including phenoxy) is 2. The first kappa shape index (κ1) is 18.1. The number of rotatable bonds is 3. The Morgan fingerprint density at radius 2 is 1.62 bits per heavy atom. The lowest BCUT2D eigenvalue weighted by molar-refractivity contribution is 0.112. The maximum absolute atomic E-state index is 10.1. The number of aldehydes is 1. The van der Waals surface area contributed by atoms with Crippen molar-refractivity contribution in [1.29, 1.82) is 5.26 Å². The molecule has 0 aliphatic heterocycles. The van der Waals surface area contributed by atoms with Crippen molar-refractivity contribution in [3.8, 4) is 17.8 Å². The van der Waals surface area contributed by atoms with Gasteiger partial charge >= 0.3 is 0 Å². The molecule has 0 saturated heterocycles. The van der Waals surface area contributed by atoms with E-state index in [1.807, 2.05) is 6.07 Å². The summed E-state index contributed by atoms with van der Waals surface area (Å²) < 4.78 is 9.58. The summed E-state index contributed by atoms with van der Waals surface area (Å²) in [6.07, 6.45) is 3.68. The first-order valence-electron chi connectivity index (χ1n) is 5.59. The Hall–Kier alpha value is -2.94. The lowest BCUT2D eigenvalue weighted by atomic mass is 10.3. The Bertz CT molecular complexity index is 575. The molecule has 21 heavy (non-hydrogen) atoms. The maximum atomic E-state index is 10.1. The van der Waals surface area contributed by atoms with Crippen LogP contribution in [-0.2, 0) is 0 Å². The Kier molecular flexibility index (Phi) is 8.53. The highest BCUT2D eigenvalue weighted by Crippen LogP contribution is 2.05. The van der Waals surface area contributed by atoms with Crippen LogP contribution in [0.1, 0.15) is 23.3 Å². The van der Waals surface area contributed by atoms with Gasteiger partial charge in [-0.1, -0.05) is 7.43 Å². The number of hydrogen-bond donors (Lipinski definition) is 0.